The maximum atomic E-state index is 12.7. The van der Waals surface area contributed by atoms with Crippen molar-refractivity contribution in [1.29, 1.82) is 0 Å². The number of aliphatic hydroxyl groups is 1. The van der Waals surface area contributed by atoms with Gasteiger partial charge in [-0.2, -0.15) is 0 Å². The highest BCUT2D eigenvalue weighted by Gasteiger charge is 2.34. The molecule has 0 saturated heterocycles. The Morgan fingerprint density at radius 2 is 2.25 bits per heavy atom. The summed E-state index contributed by atoms with van der Waals surface area (Å²) >= 11 is 0. The number of aromatic nitrogens is 2. The number of nitrogens with zero attached hydrogens (tertiary/aromatic N) is 3. The van der Waals surface area contributed by atoms with Crippen LogP contribution in [0.1, 0.15) is 48.9 Å². The third kappa shape index (κ3) is 3.07. The van der Waals surface area contributed by atoms with Crippen LogP contribution in [0.4, 0.5) is 5.69 Å². The lowest BCUT2D eigenvalue weighted by Crippen LogP contribution is -2.36. The molecule has 1 aliphatic rings. The van der Waals surface area contributed by atoms with Crippen molar-refractivity contribution in [3.05, 3.63) is 17.7 Å². The van der Waals surface area contributed by atoms with Crippen molar-refractivity contribution in [2.24, 2.45) is 0 Å². The summed E-state index contributed by atoms with van der Waals surface area (Å²) in [6.45, 7) is 4.32. The van der Waals surface area contributed by atoms with Gasteiger partial charge in [-0.05, 0) is 12.8 Å². The Labute approximate surface area is 119 Å². The summed E-state index contributed by atoms with van der Waals surface area (Å²) in [6, 6.07) is 0.247. The van der Waals surface area contributed by atoms with E-state index in [4.69, 9.17) is 5.11 Å². The summed E-state index contributed by atoms with van der Waals surface area (Å²) in [4.78, 5) is 23.0. The number of rotatable bonds is 6. The molecule has 0 unspecified atom stereocenters. The lowest BCUT2D eigenvalue weighted by molar-refractivity contribution is 0.0702. The van der Waals surface area contributed by atoms with Gasteiger partial charge in [0.25, 0.3) is 5.91 Å². The quantitative estimate of drug-likeness (QED) is 0.818. The first kappa shape index (κ1) is 14.7. The van der Waals surface area contributed by atoms with Crippen molar-refractivity contribution in [3.63, 3.8) is 0 Å². The summed E-state index contributed by atoms with van der Waals surface area (Å²) in [5.41, 5.74) is 1.02. The number of carbonyl (C=O) groups is 1. The average molecular weight is 278 g/mol. The zero-order valence-corrected chi connectivity index (χ0v) is 12.3. The SMILES string of the molecule is CNc1cnc(C(C)C)nc1C(=O)N(CCO)C1CC1. The van der Waals surface area contributed by atoms with Crippen LogP contribution < -0.4 is 5.32 Å². The summed E-state index contributed by atoms with van der Waals surface area (Å²) < 4.78 is 0. The Morgan fingerprint density at radius 1 is 1.55 bits per heavy atom. The maximum Gasteiger partial charge on any atom is 0.275 e. The van der Waals surface area contributed by atoms with Crippen LogP contribution in [0.15, 0.2) is 6.20 Å². The fourth-order valence-corrected chi connectivity index (χ4v) is 2.10. The van der Waals surface area contributed by atoms with E-state index in [1.54, 1.807) is 18.1 Å². The van der Waals surface area contributed by atoms with E-state index in [1.807, 2.05) is 13.8 Å². The third-order valence-electron chi connectivity index (χ3n) is 3.39. The molecule has 0 aromatic carbocycles. The molecule has 0 spiro atoms. The third-order valence-corrected chi connectivity index (χ3v) is 3.39. The van der Waals surface area contributed by atoms with E-state index in [9.17, 15) is 4.79 Å². The van der Waals surface area contributed by atoms with Gasteiger partial charge in [-0.3, -0.25) is 4.79 Å². The summed E-state index contributed by atoms with van der Waals surface area (Å²) in [5, 5.41) is 12.1. The fourth-order valence-electron chi connectivity index (χ4n) is 2.10. The molecule has 1 aromatic rings. The molecular weight excluding hydrogens is 256 g/mol. The molecule has 2 rings (SSSR count). The van der Waals surface area contributed by atoms with E-state index >= 15 is 0 Å². The number of nitrogens with one attached hydrogen (secondary N) is 1. The largest absolute Gasteiger partial charge is 0.395 e. The van der Waals surface area contributed by atoms with Crippen molar-refractivity contribution in [2.75, 3.05) is 25.5 Å². The van der Waals surface area contributed by atoms with E-state index in [0.29, 0.717) is 23.8 Å². The van der Waals surface area contributed by atoms with Gasteiger partial charge in [-0.15, -0.1) is 0 Å². The monoisotopic (exact) mass is 278 g/mol. The van der Waals surface area contributed by atoms with Crippen LogP contribution in [0.3, 0.4) is 0 Å². The Morgan fingerprint density at radius 3 is 2.75 bits per heavy atom. The molecule has 1 amide bonds. The summed E-state index contributed by atoms with van der Waals surface area (Å²) in [5.74, 6) is 0.696. The van der Waals surface area contributed by atoms with Gasteiger partial charge in [-0.25, -0.2) is 9.97 Å². The normalized spacial score (nSPS) is 14.4. The molecule has 1 saturated carbocycles. The van der Waals surface area contributed by atoms with Crippen LogP contribution in [-0.4, -0.2) is 52.1 Å². The predicted octanol–water partition coefficient (Wildman–Crippen LogP) is 1.24. The second kappa shape index (κ2) is 6.17. The Bertz CT molecular complexity index is 486. The van der Waals surface area contributed by atoms with Crippen molar-refractivity contribution in [3.8, 4) is 0 Å². The van der Waals surface area contributed by atoms with Gasteiger partial charge in [-0.1, -0.05) is 13.8 Å². The van der Waals surface area contributed by atoms with Crippen LogP contribution in [0.5, 0.6) is 0 Å². The highest BCUT2D eigenvalue weighted by molar-refractivity contribution is 5.97. The molecule has 2 N–H and O–H groups in total. The zero-order chi connectivity index (χ0) is 14.7. The summed E-state index contributed by atoms with van der Waals surface area (Å²) in [7, 11) is 1.75. The first-order valence-electron chi connectivity index (χ1n) is 7.05. The molecule has 1 heterocycles. The highest BCUT2D eigenvalue weighted by atomic mass is 16.3. The van der Waals surface area contributed by atoms with E-state index in [1.165, 1.54) is 0 Å². The van der Waals surface area contributed by atoms with Gasteiger partial charge in [0.15, 0.2) is 5.69 Å². The van der Waals surface area contributed by atoms with Crippen molar-refractivity contribution < 1.29 is 9.90 Å². The van der Waals surface area contributed by atoms with Crippen molar-refractivity contribution in [2.45, 2.75) is 38.6 Å². The van der Waals surface area contributed by atoms with E-state index < -0.39 is 0 Å². The minimum Gasteiger partial charge on any atom is -0.395 e. The van der Waals surface area contributed by atoms with Crippen LogP contribution in [0.2, 0.25) is 0 Å². The number of anilines is 1. The Hall–Kier alpha value is -1.69. The molecule has 0 bridgehead atoms. The van der Waals surface area contributed by atoms with Crippen molar-refractivity contribution in [1.82, 2.24) is 14.9 Å². The molecule has 0 radical (unpaired) electrons. The van der Waals surface area contributed by atoms with Crippen LogP contribution in [0.25, 0.3) is 0 Å². The minimum atomic E-state index is -0.129. The van der Waals surface area contributed by atoms with E-state index in [0.717, 1.165) is 12.8 Å². The number of amides is 1. The molecule has 6 heteroatoms. The van der Waals surface area contributed by atoms with Crippen LogP contribution in [0, 0.1) is 0 Å². The topological polar surface area (TPSA) is 78.4 Å². The number of hydrogen-bond acceptors (Lipinski definition) is 5. The molecule has 1 fully saturated rings. The zero-order valence-electron chi connectivity index (χ0n) is 12.3. The molecule has 110 valence electrons. The lowest BCUT2D eigenvalue weighted by atomic mass is 10.2. The molecular formula is C14H22N4O2. The second-order valence-electron chi connectivity index (χ2n) is 5.35. The first-order chi connectivity index (χ1) is 9.58. The van der Waals surface area contributed by atoms with Gasteiger partial charge in [0, 0.05) is 25.6 Å². The van der Waals surface area contributed by atoms with E-state index in [-0.39, 0.29) is 24.5 Å². The first-order valence-corrected chi connectivity index (χ1v) is 7.05. The molecule has 0 atom stereocenters. The van der Waals surface area contributed by atoms with Gasteiger partial charge in [0.2, 0.25) is 0 Å². The lowest BCUT2D eigenvalue weighted by Gasteiger charge is -2.22. The van der Waals surface area contributed by atoms with Crippen molar-refractivity contribution >= 4 is 11.6 Å². The average Bonchev–Trinajstić information content (AvgIpc) is 3.27. The molecule has 1 aliphatic carbocycles. The molecule has 6 nitrogen and oxygen atoms in total. The van der Waals surface area contributed by atoms with Gasteiger partial charge in [0.1, 0.15) is 5.82 Å². The van der Waals surface area contributed by atoms with Gasteiger partial charge < -0.3 is 15.3 Å². The maximum absolute atomic E-state index is 12.7. The van der Waals surface area contributed by atoms with E-state index in [2.05, 4.69) is 15.3 Å². The highest BCUT2D eigenvalue weighted by Crippen LogP contribution is 2.29. The second-order valence-corrected chi connectivity index (χ2v) is 5.35. The Balaban J connectivity index is 2.32. The Kier molecular flexibility index (Phi) is 4.54. The van der Waals surface area contributed by atoms with Gasteiger partial charge in [0.05, 0.1) is 18.5 Å². The van der Waals surface area contributed by atoms with Crippen LogP contribution in [-0.2, 0) is 0 Å². The van der Waals surface area contributed by atoms with Crippen LogP contribution >= 0.6 is 0 Å². The number of carbonyl (C=O) groups excluding carboxylic acids is 1. The molecule has 0 aliphatic heterocycles. The molecule has 1 aromatic heterocycles. The number of hydrogen-bond donors (Lipinski definition) is 2. The van der Waals surface area contributed by atoms with Gasteiger partial charge >= 0.3 is 0 Å². The fraction of sp³-hybridized carbons (Fsp3) is 0.643. The number of aliphatic hydroxyl groups excluding tert-OH is 1. The smallest absolute Gasteiger partial charge is 0.275 e. The summed E-state index contributed by atoms with van der Waals surface area (Å²) in [6.07, 6.45) is 3.66. The minimum absolute atomic E-state index is 0.0285. The standard InChI is InChI=1S/C14H22N4O2/c1-9(2)13-16-8-11(15-3)12(17-13)14(20)18(6-7-19)10-4-5-10/h8-10,15,19H,4-7H2,1-3H3. The molecule has 20 heavy (non-hydrogen) atoms. The predicted molar refractivity (Wildman–Crippen MR) is 76.8 cm³/mol.